The van der Waals surface area contributed by atoms with E-state index in [0.717, 1.165) is 25.8 Å². The van der Waals surface area contributed by atoms with Crippen molar-refractivity contribution in [3.05, 3.63) is 0 Å². The zero-order chi connectivity index (χ0) is 12.9. The zero-order valence-electron chi connectivity index (χ0n) is 10.6. The van der Waals surface area contributed by atoms with Crippen molar-refractivity contribution in [2.45, 2.75) is 45.6 Å². The van der Waals surface area contributed by atoms with Gasteiger partial charge in [0.2, 0.25) is 5.91 Å². The molecule has 5 heteroatoms. The quantitative estimate of drug-likeness (QED) is 0.664. The lowest BCUT2D eigenvalue weighted by molar-refractivity contribution is -0.144. The van der Waals surface area contributed by atoms with Gasteiger partial charge >= 0.3 is 5.97 Å². The molecule has 2 atom stereocenters. The molecule has 0 radical (unpaired) electrons. The van der Waals surface area contributed by atoms with Crippen LogP contribution in [0.3, 0.4) is 0 Å². The van der Waals surface area contributed by atoms with Crippen LogP contribution in [0.4, 0.5) is 0 Å². The molecule has 0 aliphatic carbocycles. The summed E-state index contributed by atoms with van der Waals surface area (Å²) >= 11 is 0. The number of rotatable bonds is 5. The average Bonchev–Trinajstić information content (AvgIpc) is 2.29. The van der Waals surface area contributed by atoms with E-state index >= 15 is 0 Å². The zero-order valence-corrected chi connectivity index (χ0v) is 10.6. The van der Waals surface area contributed by atoms with Gasteiger partial charge in [0.1, 0.15) is 6.04 Å². The minimum atomic E-state index is -0.951. The topological polar surface area (TPSA) is 78.4 Å². The van der Waals surface area contributed by atoms with Gasteiger partial charge in [-0.3, -0.25) is 4.79 Å². The fourth-order valence-electron chi connectivity index (χ4n) is 2.13. The van der Waals surface area contributed by atoms with Crippen molar-refractivity contribution in [2.24, 2.45) is 5.41 Å². The van der Waals surface area contributed by atoms with Crippen molar-refractivity contribution in [1.29, 1.82) is 0 Å². The van der Waals surface area contributed by atoms with E-state index in [-0.39, 0.29) is 5.91 Å². The highest BCUT2D eigenvalue weighted by atomic mass is 16.4. The molecule has 1 unspecified atom stereocenters. The Morgan fingerprint density at radius 2 is 2.24 bits per heavy atom. The number of nitrogens with one attached hydrogen (secondary N) is 2. The Balaban J connectivity index is 2.59. The van der Waals surface area contributed by atoms with Gasteiger partial charge in [-0.25, -0.2) is 4.79 Å². The molecule has 1 aliphatic heterocycles. The first-order chi connectivity index (χ1) is 7.99. The third-order valence-electron chi connectivity index (χ3n) is 3.33. The molecule has 3 N–H and O–H groups in total. The highest BCUT2D eigenvalue weighted by Crippen LogP contribution is 2.25. The van der Waals surface area contributed by atoms with Gasteiger partial charge in [0, 0.05) is 6.54 Å². The van der Waals surface area contributed by atoms with Gasteiger partial charge in [0.15, 0.2) is 0 Å². The number of hydrogen-bond donors (Lipinski definition) is 3. The molecule has 1 saturated heterocycles. The summed E-state index contributed by atoms with van der Waals surface area (Å²) in [4.78, 5) is 23.1. The summed E-state index contributed by atoms with van der Waals surface area (Å²) in [5.41, 5.74) is -0.473. The Morgan fingerprint density at radius 1 is 1.53 bits per heavy atom. The van der Waals surface area contributed by atoms with Crippen LogP contribution < -0.4 is 10.6 Å². The van der Waals surface area contributed by atoms with Crippen LogP contribution >= 0.6 is 0 Å². The summed E-state index contributed by atoms with van der Waals surface area (Å²) in [5.74, 6) is -1.10. The summed E-state index contributed by atoms with van der Waals surface area (Å²) in [6.07, 6.45) is 2.98. The SMILES string of the molecule is CCC[C@H](NC(=O)C1(C)CCCNC1)C(=O)O. The summed E-state index contributed by atoms with van der Waals surface area (Å²) in [5, 5.41) is 14.8. The molecule has 0 aromatic carbocycles. The predicted octanol–water partition coefficient (Wildman–Crippen LogP) is 0.746. The van der Waals surface area contributed by atoms with E-state index in [4.69, 9.17) is 5.11 Å². The van der Waals surface area contributed by atoms with Gasteiger partial charge in [0.25, 0.3) is 0 Å². The third-order valence-corrected chi connectivity index (χ3v) is 3.33. The number of piperidine rings is 1. The normalized spacial score (nSPS) is 26.2. The lowest BCUT2D eigenvalue weighted by Crippen LogP contribution is -2.52. The molecule has 98 valence electrons. The van der Waals surface area contributed by atoms with Gasteiger partial charge in [0.05, 0.1) is 5.41 Å². The lowest BCUT2D eigenvalue weighted by atomic mass is 9.81. The van der Waals surface area contributed by atoms with Crippen molar-refractivity contribution >= 4 is 11.9 Å². The lowest BCUT2D eigenvalue weighted by Gasteiger charge is -2.33. The van der Waals surface area contributed by atoms with Gasteiger partial charge < -0.3 is 15.7 Å². The van der Waals surface area contributed by atoms with Crippen LogP contribution in [0.1, 0.15) is 39.5 Å². The Labute approximate surface area is 102 Å². The van der Waals surface area contributed by atoms with Crippen LogP contribution in [-0.4, -0.2) is 36.1 Å². The van der Waals surface area contributed by atoms with Crippen LogP contribution in [0.5, 0.6) is 0 Å². The summed E-state index contributed by atoms with van der Waals surface area (Å²) < 4.78 is 0. The van der Waals surface area contributed by atoms with Crippen LogP contribution in [0.2, 0.25) is 0 Å². The molecule has 5 nitrogen and oxygen atoms in total. The molecule has 0 saturated carbocycles. The minimum absolute atomic E-state index is 0.148. The van der Waals surface area contributed by atoms with Crippen molar-refractivity contribution in [3.8, 4) is 0 Å². The molecule has 1 rings (SSSR count). The number of carboxylic acids is 1. The van der Waals surface area contributed by atoms with Crippen LogP contribution in [0.15, 0.2) is 0 Å². The molecule has 0 bridgehead atoms. The maximum atomic E-state index is 12.1. The molecule has 1 aliphatic rings. The first-order valence-electron chi connectivity index (χ1n) is 6.24. The Hall–Kier alpha value is -1.10. The van der Waals surface area contributed by atoms with Crippen LogP contribution in [-0.2, 0) is 9.59 Å². The van der Waals surface area contributed by atoms with Crippen LogP contribution in [0.25, 0.3) is 0 Å². The number of carboxylic acid groups (broad SMARTS) is 1. The largest absolute Gasteiger partial charge is 0.480 e. The van der Waals surface area contributed by atoms with Crippen molar-refractivity contribution in [3.63, 3.8) is 0 Å². The first-order valence-corrected chi connectivity index (χ1v) is 6.24. The Kier molecular flexibility index (Phi) is 4.93. The molecule has 1 fully saturated rings. The van der Waals surface area contributed by atoms with E-state index < -0.39 is 17.4 Å². The fourth-order valence-corrected chi connectivity index (χ4v) is 2.13. The summed E-state index contributed by atoms with van der Waals surface area (Å²) in [7, 11) is 0. The predicted molar refractivity (Wildman–Crippen MR) is 64.7 cm³/mol. The monoisotopic (exact) mass is 242 g/mol. The average molecular weight is 242 g/mol. The van der Waals surface area contributed by atoms with Gasteiger partial charge in [-0.15, -0.1) is 0 Å². The smallest absolute Gasteiger partial charge is 0.326 e. The Bertz CT molecular complexity index is 285. The van der Waals surface area contributed by atoms with Gasteiger partial charge in [-0.1, -0.05) is 13.3 Å². The molecular formula is C12H22N2O3. The van der Waals surface area contributed by atoms with E-state index in [2.05, 4.69) is 10.6 Å². The first kappa shape index (κ1) is 14.0. The molecule has 0 spiro atoms. The number of hydrogen-bond acceptors (Lipinski definition) is 3. The van der Waals surface area contributed by atoms with Crippen molar-refractivity contribution < 1.29 is 14.7 Å². The number of aliphatic carboxylic acids is 1. The second-order valence-corrected chi connectivity index (χ2v) is 4.99. The standard InChI is InChI=1S/C12H22N2O3/c1-3-5-9(10(15)16)14-11(17)12(2)6-4-7-13-8-12/h9,13H,3-8H2,1-2H3,(H,14,17)(H,15,16)/t9-,12?/m0/s1. The maximum Gasteiger partial charge on any atom is 0.326 e. The number of amides is 1. The minimum Gasteiger partial charge on any atom is -0.480 e. The second kappa shape index (κ2) is 6.00. The van der Waals surface area contributed by atoms with E-state index in [1.165, 1.54) is 0 Å². The van der Waals surface area contributed by atoms with Crippen molar-refractivity contribution in [1.82, 2.24) is 10.6 Å². The summed E-state index contributed by atoms with van der Waals surface area (Å²) in [6.45, 7) is 5.35. The van der Waals surface area contributed by atoms with Gasteiger partial charge in [-0.2, -0.15) is 0 Å². The highest BCUT2D eigenvalue weighted by Gasteiger charge is 2.36. The second-order valence-electron chi connectivity index (χ2n) is 4.99. The van der Waals surface area contributed by atoms with E-state index in [0.29, 0.717) is 13.0 Å². The number of carbonyl (C=O) groups excluding carboxylic acids is 1. The van der Waals surface area contributed by atoms with Crippen molar-refractivity contribution in [2.75, 3.05) is 13.1 Å². The van der Waals surface area contributed by atoms with Crippen LogP contribution in [0, 0.1) is 5.41 Å². The fraction of sp³-hybridized carbons (Fsp3) is 0.833. The Morgan fingerprint density at radius 3 is 2.71 bits per heavy atom. The van der Waals surface area contributed by atoms with E-state index in [9.17, 15) is 9.59 Å². The molecule has 0 aromatic heterocycles. The van der Waals surface area contributed by atoms with E-state index in [1.54, 1.807) is 0 Å². The molecule has 0 aromatic rings. The molecular weight excluding hydrogens is 220 g/mol. The molecule has 1 amide bonds. The molecule has 17 heavy (non-hydrogen) atoms. The molecule has 1 heterocycles. The third kappa shape index (κ3) is 3.70. The van der Waals surface area contributed by atoms with E-state index in [1.807, 2.05) is 13.8 Å². The number of carbonyl (C=O) groups is 2. The maximum absolute atomic E-state index is 12.1. The van der Waals surface area contributed by atoms with Gasteiger partial charge in [-0.05, 0) is 32.7 Å². The summed E-state index contributed by atoms with van der Waals surface area (Å²) in [6, 6.07) is -0.758. The highest BCUT2D eigenvalue weighted by molar-refractivity contribution is 5.87.